The molecule has 4 rings (SSSR count). The number of amides is 2. The summed E-state index contributed by atoms with van der Waals surface area (Å²) in [6.07, 6.45) is 1.48. The van der Waals surface area contributed by atoms with Gasteiger partial charge in [-0.15, -0.1) is 11.3 Å². The van der Waals surface area contributed by atoms with E-state index in [0.29, 0.717) is 17.9 Å². The second kappa shape index (κ2) is 6.52. The lowest BCUT2D eigenvalue weighted by molar-refractivity contribution is -0.117. The summed E-state index contributed by atoms with van der Waals surface area (Å²) in [6.45, 7) is 0.745. The molecule has 1 fully saturated rings. The molecule has 2 aromatic heterocycles. The summed E-state index contributed by atoms with van der Waals surface area (Å²) >= 11 is 1.52. The molecule has 0 aliphatic carbocycles. The van der Waals surface area contributed by atoms with E-state index in [1.165, 1.54) is 11.3 Å². The van der Waals surface area contributed by atoms with Gasteiger partial charge in [0.2, 0.25) is 5.91 Å². The smallest absolute Gasteiger partial charge is 0.277 e. The highest BCUT2D eigenvalue weighted by Crippen LogP contribution is 2.26. The SMILES string of the molecule is O=C(Nc1ccc(N2CCCC2=O)cc1)c1cc(-c2cccs2)on1. The Morgan fingerprint density at radius 1 is 1.24 bits per heavy atom. The van der Waals surface area contributed by atoms with Crippen LogP contribution in [0.1, 0.15) is 23.3 Å². The van der Waals surface area contributed by atoms with Crippen molar-refractivity contribution in [2.45, 2.75) is 12.8 Å². The van der Waals surface area contributed by atoms with Crippen LogP contribution >= 0.6 is 11.3 Å². The van der Waals surface area contributed by atoms with Crippen LogP contribution in [-0.2, 0) is 4.79 Å². The number of benzene rings is 1. The molecule has 0 atom stereocenters. The van der Waals surface area contributed by atoms with Crippen molar-refractivity contribution in [3.63, 3.8) is 0 Å². The number of rotatable bonds is 4. The van der Waals surface area contributed by atoms with Gasteiger partial charge in [0.25, 0.3) is 5.91 Å². The third-order valence-corrected chi connectivity index (χ3v) is 4.90. The molecule has 126 valence electrons. The van der Waals surface area contributed by atoms with Crippen LogP contribution in [0, 0.1) is 0 Å². The normalized spacial score (nSPS) is 14.1. The third kappa shape index (κ3) is 3.18. The number of aromatic nitrogens is 1. The van der Waals surface area contributed by atoms with Gasteiger partial charge >= 0.3 is 0 Å². The zero-order chi connectivity index (χ0) is 17.2. The number of nitrogens with one attached hydrogen (secondary N) is 1. The van der Waals surface area contributed by atoms with Crippen LogP contribution in [0.25, 0.3) is 10.6 Å². The van der Waals surface area contributed by atoms with Crippen LogP contribution in [0.15, 0.2) is 52.4 Å². The van der Waals surface area contributed by atoms with Crippen molar-refractivity contribution in [2.75, 3.05) is 16.8 Å². The maximum absolute atomic E-state index is 12.3. The Balaban J connectivity index is 1.45. The number of nitrogens with zero attached hydrogens (tertiary/aromatic N) is 2. The Hall–Kier alpha value is -2.93. The molecule has 1 N–H and O–H groups in total. The molecule has 0 radical (unpaired) electrons. The fourth-order valence-electron chi connectivity index (χ4n) is 2.76. The van der Waals surface area contributed by atoms with Crippen molar-refractivity contribution >= 4 is 34.5 Å². The third-order valence-electron chi connectivity index (χ3n) is 4.02. The van der Waals surface area contributed by atoms with Gasteiger partial charge in [0.05, 0.1) is 4.88 Å². The fourth-order valence-corrected chi connectivity index (χ4v) is 3.43. The molecule has 1 saturated heterocycles. The van der Waals surface area contributed by atoms with E-state index in [9.17, 15) is 9.59 Å². The van der Waals surface area contributed by atoms with E-state index in [-0.39, 0.29) is 17.5 Å². The van der Waals surface area contributed by atoms with Crippen molar-refractivity contribution in [3.8, 4) is 10.6 Å². The zero-order valence-corrected chi connectivity index (χ0v) is 14.1. The number of hydrogen-bond donors (Lipinski definition) is 1. The largest absolute Gasteiger partial charge is 0.355 e. The molecule has 3 heterocycles. The summed E-state index contributed by atoms with van der Waals surface area (Å²) in [4.78, 5) is 26.7. The average Bonchev–Trinajstić information content (AvgIpc) is 3.36. The van der Waals surface area contributed by atoms with Crippen molar-refractivity contribution in [1.82, 2.24) is 5.16 Å². The van der Waals surface area contributed by atoms with E-state index < -0.39 is 0 Å². The lowest BCUT2D eigenvalue weighted by atomic mass is 10.2. The minimum Gasteiger partial charge on any atom is -0.355 e. The van der Waals surface area contributed by atoms with Crippen molar-refractivity contribution in [3.05, 3.63) is 53.5 Å². The Labute approximate surface area is 148 Å². The molecule has 1 aromatic carbocycles. The van der Waals surface area contributed by atoms with E-state index in [4.69, 9.17) is 4.52 Å². The van der Waals surface area contributed by atoms with Gasteiger partial charge in [0.1, 0.15) is 0 Å². The molecule has 1 aliphatic rings. The number of carbonyl (C=O) groups is 2. The molecule has 0 bridgehead atoms. The van der Waals surface area contributed by atoms with Gasteiger partial charge in [0, 0.05) is 30.4 Å². The van der Waals surface area contributed by atoms with Crippen molar-refractivity contribution < 1.29 is 14.1 Å². The van der Waals surface area contributed by atoms with Gasteiger partial charge in [0.15, 0.2) is 11.5 Å². The molecule has 25 heavy (non-hydrogen) atoms. The zero-order valence-electron chi connectivity index (χ0n) is 13.3. The predicted molar refractivity (Wildman–Crippen MR) is 95.8 cm³/mol. The molecule has 3 aromatic rings. The second-order valence-electron chi connectivity index (χ2n) is 5.70. The molecule has 6 nitrogen and oxygen atoms in total. The first kappa shape index (κ1) is 15.6. The standard InChI is InChI=1S/C18H15N3O3S/c22-17-4-1-9-21(17)13-7-5-12(6-8-13)19-18(23)14-11-15(24-20-14)16-3-2-10-25-16/h2-3,5-8,10-11H,1,4,9H2,(H,19,23). The monoisotopic (exact) mass is 353 g/mol. The molecule has 2 amide bonds. The molecule has 1 aliphatic heterocycles. The number of hydrogen-bond acceptors (Lipinski definition) is 5. The molecular formula is C18H15N3O3S. The maximum Gasteiger partial charge on any atom is 0.277 e. The topological polar surface area (TPSA) is 75.4 Å². The summed E-state index contributed by atoms with van der Waals surface area (Å²) < 4.78 is 5.22. The summed E-state index contributed by atoms with van der Waals surface area (Å²) in [7, 11) is 0. The van der Waals surface area contributed by atoms with Gasteiger partial charge in [-0.1, -0.05) is 11.2 Å². The number of anilines is 2. The lowest BCUT2D eigenvalue weighted by Gasteiger charge is -2.15. The van der Waals surface area contributed by atoms with Crippen LogP contribution < -0.4 is 10.2 Å². The first-order valence-corrected chi connectivity index (χ1v) is 8.81. The van der Waals surface area contributed by atoms with Crippen LogP contribution in [0.4, 0.5) is 11.4 Å². The Kier molecular flexibility index (Phi) is 4.07. The molecule has 7 heteroatoms. The van der Waals surface area contributed by atoms with E-state index in [1.54, 1.807) is 23.1 Å². The van der Waals surface area contributed by atoms with Gasteiger partial charge in [-0.05, 0) is 42.1 Å². The van der Waals surface area contributed by atoms with Crippen molar-refractivity contribution in [1.29, 1.82) is 0 Å². The highest BCUT2D eigenvalue weighted by molar-refractivity contribution is 7.13. The fraction of sp³-hybridized carbons (Fsp3) is 0.167. The van der Waals surface area contributed by atoms with Crippen molar-refractivity contribution in [2.24, 2.45) is 0 Å². The highest BCUT2D eigenvalue weighted by atomic mass is 32.1. The van der Waals surface area contributed by atoms with Crippen LogP contribution in [0.3, 0.4) is 0 Å². The number of thiophene rings is 1. The minimum atomic E-state index is -0.337. The van der Waals surface area contributed by atoms with E-state index in [1.807, 2.05) is 29.6 Å². The Bertz CT molecular complexity index is 900. The summed E-state index contributed by atoms with van der Waals surface area (Å²) in [5.41, 5.74) is 1.71. The minimum absolute atomic E-state index is 0.139. The maximum atomic E-state index is 12.3. The summed E-state index contributed by atoms with van der Waals surface area (Å²) in [5, 5.41) is 8.54. The summed E-state index contributed by atoms with van der Waals surface area (Å²) in [5.74, 6) is 0.375. The van der Waals surface area contributed by atoms with Crippen LogP contribution in [0.5, 0.6) is 0 Å². The number of carbonyl (C=O) groups excluding carboxylic acids is 2. The second-order valence-corrected chi connectivity index (χ2v) is 6.65. The molecular weight excluding hydrogens is 338 g/mol. The average molecular weight is 353 g/mol. The predicted octanol–water partition coefficient (Wildman–Crippen LogP) is 3.78. The lowest BCUT2D eigenvalue weighted by Crippen LogP contribution is -2.23. The first-order valence-electron chi connectivity index (χ1n) is 7.93. The Morgan fingerprint density at radius 3 is 2.76 bits per heavy atom. The molecule has 0 saturated carbocycles. The van der Waals surface area contributed by atoms with Gasteiger partial charge in [-0.2, -0.15) is 0 Å². The van der Waals surface area contributed by atoms with Gasteiger partial charge < -0.3 is 14.7 Å². The van der Waals surface area contributed by atoms with E-state index in [0.717, 1.165) is 23.5 Å². The quantitative estimate of drug-likeness (QED) is 0.774. The highest BCUT2D eigenvalue weighted by Gasteiger charge is 2.21. The van der Waals surface area contributed by atoms with Gasteiger partial charge in [-0.3, -0.25) is 9.59 Å². The van der Waals surface area contributed by atoms with Crippen LogP contribution in [0.2, 0.25) is 0 Å². The molecule has 0 spiro atoms. The summed E-state index contributed by atoms with van der Waals surface area (Å²) in [6, 6.07) is 12.7. The molecule has 0 unspecified atom stereocenters. The van der Waals surface area contributed by atoms with E-state index in [2.05, 4.69) is 10.5 Å². The van der Waals surface area contributed by atoms with Crippen LogP contribution in [-0.4, -0.2) is 23.5 Å². The Morgan fingerprint density at radius 2 is 2.08 bits per heavy atom. The first-order chi connectivity index (χ1) is 12.2. The van der Waals surface area contributed by atoms with Gasteiger partial charge in [-0.25, -0.2) is 0 Å². The van der Waals surface area contributed by atoms with E-state index >= 15 is 0 Å².